The molecule has 0 aliphatic heterocycles. The minimum absolute atomic E-state index is 0.00151. The maximum atomic E-state index is 11.8. The molecule has 0 unspecified atom stereocenters. The van der Waals surface area contributed by atoms with Gasteiger partial charge in [0.05, 0.1) is 0 Å². The first-order valence-corrected chi connectivity index (χ1v) is 11.5. The van der Waals surface area contributed by atoms with E-state index in [-0.39, 0.29) is 23.5 Å². The summed E-state index contributed by atoms with van der Waals surface area (Å²) in [5.74, 6) is 1.25. The maximum Gasteiger partial charge on any atom is 0.308 e. The third kappa shape index (κ3) is 3.85. The van der Waals surface area contributed by atoms with Crippen molar-refractivity contribution in [2.24, 2.45) is 17.3 Å². The molecule has 0 amide bonds. The van der Waals surface area contributed by atoms with Crippen molar-refractivity contribution in [3.05, 3.63) is 23.3 Å². The Labute approximate surface area is 183 Å². The number of benzene rings is 1. The average Bonchev–Trinajstić information content (AvgIpc) is 3.04. The molecule has 0 saturated heterocycles. The van der Waals surface area contributed by atoms with Crippen LogP contribution in [0, 0.1) is 17.3 Å². The standard InChI is InChI=1S/C25H32O6/c1-5-25-11-10-20-19(21(25)8-9-23(25)31-16(4)28)7-6-17-12-18(29-14(2)26)13-22(24(17)20)30-15(3)27/h12-13,19-21,23H,5-11H2,1-4H3/t19-,20-,21-,23-,25-/m0/s1. The Hall–Kier alpha value is -2.37. The van der Waals surface area contributed by atoms with Gasteiger partial charge in [-0.1, -0.05) is 6.92 Å². The van der Waals surface area contributed by atoms with Gasteiger partial charge in [0.15, 0.2) is 0 Å². The Morgan fingerprint density at radius 1 is 0.968 bits per heavy atom. The average molecular weight is 429 g/mol. The van der Waals surface area contributed by atoms with Gasteiger partial charge < -0.3 is 14.2 Å². The molecule has 5 atom stereocenters. The number of fused-ring (bicyclic) bond motifs is 5. The van der Waals surface area contributed by atoms with Crippen LogP contribution in [0.4, 0.5) is 0 Å². The monoisotopic (exact) mass is 428 g/mol. The molecule has 168 valence electrons. The molecular weight excluding hydrogens is 396 g/mol. The minimum Gasteiger partial charge on any atom is -0.462 e. The minimum atomic E-state index is -0.393. The lowest BCUT2D eigenvalue weighted by Crippen LogP contribution is -2.46. The summed E-state index contributed by atoms with van der Waals surface area (Å²) in [6.45, 7) is 6.49. The largest absolute Gasteiger partial charge is 0.462 e. The summed E-state index contributed by atoms with van der Waals surface area (Å²) in [7, 11) is 0. The van der Waals surface area contributed by atoms with Crippen LogP contribution in [0.25, 0.3) is 0 Å². The molecule has 4 rings (SSSR count). The van der Waals surface area contributed by atoms with E-state index < -0.39 is 5.97 Å². The number of rotatable bonds is 4. The van der Waals surface area contributed by atoms with Gasteiger partial charge in [0.1, 0.15) is 17.6 Å². The number of carbonyl (C=O) groups excluding carboxylic acids is 3. The van der Waals surface area contributed by atoms with Gasteiger partial charge in [0.25, 0.3) is 0 Å². The zero-order chi connectivity index (χ0) is 22.3. The summed E-state index contributed by atoms with van der Waals surface area (Å²) in [5.41, 5.74) is 2.25. The van der Waals surface area contributed by atoms with Crippen molar-refractivity contribution >= 4 is 17.9 Å². The second kappa shape index (κ2) is 8.29. The third-order valence-electron chi connectivity index (χ3n) is 7.87. The second-order valence-electron chi connectivity index (χ2n) is 9.40. The summed E-state index contributed by atoms with van der Waals surface area (Å²) in [6.07, 6.45) is 6.87. The van der Waals surface area contributed by atoms with Gasteiger partial charge in [-0.2, -0.15) is 0 Å². The normalized spacial score (nSPS) is 31.1. The molecule has 3 aliphatic rings. The van der Waals surface area contributed by atoms with Gasteiger partial charge in [-0.05, 0) is 74.3 Å². The fourth-order valence-corrected chi connectivity index (χ4v) is 6.92. The van der Waals surface area contributed by atoms with Crippen LogP contribution in [0.1, 0.15) is 83.3 Å². The molecule has 0 radical (unpaired) electrons. The molecule has 0 bridgehead atoms. The van der Waals surface area contributed by atoms with E-state index in [0.717, 1.165) is 56.1 Å². The molecule has 2 saturated carbocycles. The van der Waals surface area contributed by atoms with Gasteiger partial charge in [0, 0.05) is 37.8 Å². The van der Waals surface area contributed by atoms with Crippen LogP contribution in [0.5, 0.6) is 11.5 Å². The number of carbonyl (C=O) groups is 3. The fourth-order valence-electron chi connectivity index (χ4n) is 6.92. The van der Waals surface area contributed by atoms with Crippen molar-refractivity contribution in [2.75, 3.05) is 0 Å². The highest BCUT2D eigenvalue weighted by Crippen LogP contribution is 2.64. The molecule has 0 N–H and O–H groups in total. The summed E-state index contributed by atoms with van der Waals surface area (Å²) >= 11 is 0. The Balaban J connectivity index is 1.71. The zero-order valence-corrected chi connectivity index (χ0v) is 18.9. The van der Waals surface area contributed by atoms with Crippen molar-refractivity contribution < 1.29 is 28.6 Å². The third-order valence-corrected chi connectivity index (χ3v) is 7.87. The molecule has 3 aliphatic carbocycles. The first-order chi connectivity index (χ1) is 14.7. The summed E-state index contributed by atoms with van der Waals surface area (Å²) in [6, 6.07) is 3.61. The number of ether oxygens (including phenoxy) is 3. The highest BCUT2D eigenvalue weighted by atomic mass is 16.5. The second-order valence-corrected chi connectivity index (χ2v) is 9.40. The molecule has 6 heteroatoms. The van der Waals surface area contributed by atoms with Crippen molar-refractivity contribution in [3.63, 3.8) is 0 Å². The molecule has 6 nitrogen and oxygen atoms in total. The van der Waals surface area contributed by atoms with E-state index in [9.17, 15) is 14.4 Å². The predicted molar refractivity (Wildman–Crippen MR) is 114 cm³/mol. The molecular formula is C25H32O6. The van der Waals surface area contributed by atoms with E-state index in [0.29, 0.717) is 29.3 Å². The summed E-state index contributed by atoms with van der Waals surface area (Å²) in [5, 5.41) is 0. The van der Waals surface area contributed by atoms with E-state index in [2.05, 4.69) is 6.92 Å². The first kappa shape index (κ1) is 21.8. The van der Waals surface area contributed by atoms with Gasteiger partial charge in [-0.25, -0.2) is 0 Å². The zero-order valence-electron chi connectivity index (χ0n) is 18.9. The molecule has 2 fully saturated rings. The number of esters is 3. The topological polar surface area (TPSA) is 78.9 Å². The van der Waals surface area contributed by atoms with E-state index in [1.807, 2.05) is 6.07 Å². The van der Waals surface area contributed by atoms with Crippen LogP contribution in [0.2, 0.25) is 0 Å². The van der Waals surface area contributed by atoms with E-state index in [1.54, 1.807) is 6.07 Å². The Kier molecular flexibility index (Phi) is 5.84. The lowest BCUT2D eigenvalue weighted by Gasteiger charge is -2.52. The van der Waals surface area contributed by atoms with Crippen LogP contribution >= 0.6 is 0 Å². The quantitative estimate of drug-likeness (QED) is 0.510. The van der Waals surface area contributed by atoms with Crippen molar-refractivity contribution in [3.8, 4) is 11.5 Å². The van der Waals surface area contributed by atoms with E-state index >= 15 is 0 Å². The fraction of sp³-hybridized carbons (Fsp3) is 0.640. The summed E-state index contributed by atoms with van der Waals surface area (Å²) in [4.78, 5) is 35.0. The SMILES string of the molecule is CC[C@]12CC[C@@H]3c4c(cc(OC(C)=O)cc4OC(C)=O)CC[C@@H]3[C@@H]1CC[C@@H]2OC(C)=O. The van der Waals surface area contributed by atoms with Crippen LogP contribution < -0.4 is 9.47 Å². The van der Waals surface area contributed by atoms with Crippen LogP contribution in [-0.4, -0.2) is 24.0 Å². The van der Waals surface area contributed by atoms with E-state index in [1.165, 1.54) is 20.8 Å². The van der Waals surface area contributed by atoms with E-state index in [4.69, 9.17) is 14.2 Å². The molecule has 0 heterocycles. The molecule has 1 aromatic rings. The summed E-state index contributed by atoms with van der Waals surface area (Å²) < 4.78 is 16.7. The maximum absolute atomic E-state index is 11.8. The number of aryl methyl sites for hydroxylation is 1. The number of hydrogen-bond donors (Lipinski definition) is 0. The molecule has 1 aromatic carbocycles. The highest BCUT2D eigenvalue weighted by molar-refractivity contribution is 5.72. The van der Waals surface area contributed by atoms with Crippen molar-refractivity contribution in [2.45, 2.75) is 84.7 Å². The lowest BCUT2D eigenvalue weighted by atomic mass is 9.54. The first-order valence-electron chi connectivity index (χ1n) is 11.5. The van der Waals surface area contributed by atoms with Gasteiger partial charge in [0.2, 0.25) is 0 Å². The van der Waals surface area contributed by atoms with Crippen LogP contribution in [0.3, 0.4) is 0 Å². The van der Waals surface area contributed by atoms with Crippen LogP contribution in [0.15, 0.2) is 12.1 Å². The Morgan fingerprint density at radius 3 is 2.35 bits per heavy atom. The molecule has 31 heavy (non-hydrogen) atoms. The Bertz CT molecular complexity index is 906. The van der Waals surface area contributed by atoms with Gasteiger partial charge in [-0.3, -0.25) is 14.4 Å². The smallest absolute Gasteiger partial charge is 0.308 e. The van der Waals surface area contributed by atoms with Gasteiger partial charge in [-0.15, -0.1) is 0 Å². The predicted octanol–water partition coefficient (Wildman–Crippen LogP) is 4.72. The van der Waals surface area contributed by atoms with Crippen molar-refractivity contribution in [1.29, 1.82) is 0 Å². The lowest BCUT2D eigenvalue weighted by molar-refractivity contribution is -0.156. The van der Waals surface area contributed by atoms with Gasteiger partial charge >= 0.3 is 17.9 Å². The number of hydrogen-bond acceptors (Lipinski definition) is 6. The molecule has 0 spiro atoms. The highest BCUT2D eigenvalue weighted by Gasteiger charge is 2.58. The van der Waals surface area contributed by atoms with Crippen molar-refractivity contribution in [1.82, 2.24) is 0 Å². The van der Waals surface area contributed by atoms with Crippen LogP contribution in [-0.2, 0) is 25.5 Å². The molecule has 0 aromatic heterocycles. The Morgan fingerprint density at radius 2 is 1.71 bits per heavy atom.